The third-order valence-corrected chi connectivity index (χ3v) is 4.05. The number of benzene rings is 2. The molecular formula is C20H20N2O2. The molecule has 0 aliphatic heterocycles. The molecule has 1 heterocycles. The Morgan fingerprint density at radius 2 is 1.71 bits per heavy atom. The topological polar surface area (TPSA) is 53.2 Å². The lowest BCUT2D eigenvalue weighted by Gasteiger charge is -2.22. The van der Waals surface area contributed by atoms with Gasteiger partial charge < -0.3 is 9.88 Å². The summed E-state index contributed by atoms with van der Waals surface area (Å²) in [5.41, 5.74) is 3.87. The normalized spacial score (nSPS) is 10.8. The molecule has 4 nitrogen and oxygen atoms in total. The Bertz CT molecular complexity index is 953. The average molecular weight is 320 g/mol. The van der Waals surface area contributed by atoms with Crippen LogP contribution in [0.5, 0.6) is 0 Å². The van der Waals surface area contributed by atoms with Crippen molar-refractivity contribution in [1.29, 1.82) is 0 Å². The first-order valence-electron chi connectivity index (χ1n) is 8.02. The second-order valence-electron chi connectivity index (χ2n) is 5.99. The van der Waals surface area contributed by atoms with E-state index >= 15 is 0 Å². The summed E-state index contributed by atoms with van der Waals surface area (Å²) in [6, 6.07) is 14.6. The highest BCUT2D eigenvalue weighted by Gasteiger charge is 2.18. The maximum absolute atomic E-state index is 13.0. The minimum atomic E-state index is -0.203. The zero-order valence-corrected chi connectivity index (χ0v) is 14.1. The molecule has 0 bridgehead atoms. The molecule has 122 valence electrons. The van der Waals surface area contributed by atoms with E-state index in [2.05, 4.69) is 11.1 Å². The monoisotopic (exact) mass is 320 g/mol. The number of para-hydroxylation sites is 1. The fourth-order valence-electron chi connectivity index (χ4n) is 3.01. The Morgan fingerprint density at radius 1 is 1.04 bits per heavy atom. The van der Waals surface area contributed by atoms with Gasteiger partial charge in [-0.3, -0.25) is 9.59 Å². The molecule has 2 aromatic carbocycles. The predicted molar refractivity (Wildman–Crippen MR) is 97.8 cm³/mol. The standard InChI is InChI=1S/C20H20N2O2/c1-4-22(15-10-13(2)9-14(3)11-15)20(24)18-12-19(23)16-7-5-6-8-17(16)21-18/h5-12H,4H2,1-3H3,(H,21,23). The number of aromatic amines is 1. The van der Waals surface area contributed by atoms with Gasteiger partial charge in [-0.15, -0.1) is 0 Å². The summed E-state index contributed by atoms with van der Waals surface area (Å²) in [4.78, 5) is 30.0. The van der Waals surface area contributed by atoms with Crippen molar-refractivity contribution >= 4 is 22.5 Å². The maximum atomic E-state index is 13.0. The minimum Gasteiger partial charge on any atom is -0.350 e. The van der Waals surface area contributed by atoms with Crippen LogP contribution in [-0.4, -0.2) is 17.4 Å². The first kappa shape index (κ1) is 16.0. The molecule has 0 atom stereocenters. The summed E-state index contributed by atoms with van der Waals surface area (Å²) in [7, 11) is 0. The number of amides is 1. The Hall–Kier alpha value is -2.88. The molecule has 0 saturated heterocycles. The number of rotatable bonds is 3. The highest BCUT2D eigenvalue weighted by atomic mass is 16.2. The molecule has 1 N–H and O–H groups in total. The van der Waals surface area contributed by atoms with Crippen molar-refractivity contribution in [1.82, 2.24) is 4.98 Å². The molecule has 3 aromatic rings. The van der Waals surface area contributed by atoms with Crippen LogP contribution in [-0.2, 0) is 0 Å². The number of anilines is 1. The van der Waals surface area contributed by atoms with Crippen molar-refractivity contribution in [2.24, 2.45) is 0 Å². The van der Waals surface area contributed by atoms with Gasteiger partial charge in [-0.2, -0.15) is 0 Å². The number of nitrogens with zero attached hydrogens (tertiary/aromatic N) is 1. The Morgan fingerprint density at radius 3 is 2.38 bits per heavy atom. The highest BCUT2D eigenvalue weighted by molar-refractivity contribution is 6.05. The molecule has 0 saturated carbocycles. The van der Waals surface area contributed by atoms with E-state index in [4.69, 9.17) is 0 Å². The van der Waals surface area contributed by atoms with Crippen molar-refractivity contribution in [2.75, 3.05) is 11.4 Å². The number of hydrogen-bond acceptors (Lipinski definition) is 2. The van der Waals surface area contributed by atoms with E-state index in [1.54, 1.807) is 17.0 Å². The van der Waals surface area contributed by atoms with Gasteiger partial charge in [0.1, 0.15) is 5.69 Å². The van der Waals surface area contributed by atoms with Gasteiger partial charge in [0, 0.05) is 29.2 Å². The molecule has 0 radical (unpaired) electrons. The summed E-state index contributed by atoms with van der Waals surface area (Å²) < 4.78 is 0. The lowest BCUT2D eigenvalue weighted by Crippen LogP contribution is -2.32. The average Bonchev–Trinajstić information content (AvgIpc) is 2.54. The van der Waals surface area contributed by atoms with Crippen LogP contribution in [0, 0.1) is 13.8 Å². The summed E-state index contributed by atoms with van der Waals surface area (Å²) in [5.74, 6) is -0.203. The number of pyridine rings is 1. The molecule has 24 heavy (non-hydrogen) atoms. The maximum Gasteiger partial charge on any atom is 0.274 e. The molecular weight excluding hydrogens is 300 g/mol. The van der Waals surface area contributed by atoms with Gasteiger partial charge in [0.25, 0.3) is 5.91 Å². The predicted octanol–water partition coefficient (Wildman–Crippen LogP) is 3.81. The van der Waals surface area contributed by atoms with E-state index in [0.29, 0.717) is 23.1 Å². The largest absolute Gasteiger partial charge is 0.350 e. The fraction of sp³-hybridized carbons (Fsp3) is 0.200. The van der Waals surface area contributed by atoms with Crippen LogP contribution in [0.4, 0.5) is 5.69 Å². The van der Waals surface area contributed by atoms with Crippen LogP contribution in [0.2, 0.25) is 0 Å². The molecule has 0 aliphatic rings. The molecule has 1 aromatic heterocycles. The van der Waals surface area contributed by atoms with E-state index in [9.17, 15) is 9.59 Å². The summed E-state index contributed by atoms with van der Waals surface area (Å²) >= 11 is 0. The first-order valence-corrected chi connectivity index (χ1v) is 8.02. The third kappa shape index (κ3) is 2.95. The number of aryl methyl sites for hydroxylation is 2. The van der Waals surface area contributed by atoms with Crippen molar-refractivity contribution in [3.8, 4) is 0 Å². The van der Waals surface area contributed by atoms with Crippen molar-refractivity contribution in [3.63, 3.8) is 0 Å². The number of H-pyrrole nitrogens is 1. The molecule has 1 amide bonds. The van der Waals surface area contributed by atoms with E-state index < -0.39 is 0 Å². The Balaban J connectivity index is 2.07. The SMILES string of the molecule is CCN(C(=O)c1cc(=O)c2ccccc2[nH]1)c1cc(C)cc(C)c1. The lowest BCUT2D eigenvalue weighted by atomic mass is 10.1. The van der Waals surface area contributed by atoms with Crippen molar-refractivity contribution in [2.45, 2.75) is 20.8 Å². The van der Waals surface area contributed by atoms with Gasteiger partial charge >= 0.3 is 0 Å². The van der Waals surface area contributed by atoms with Crippen molar-refractivity contribution < 1.29 is 4.79 Å². The van der Waals surface area contributed by atoms with E-state index in [1.165, 1.54) is 6.07 Å². The summed E-state index contributed by atoms with van der Waals surface area (Å²) in [6.45, 7) is 6.46. The zero-order chi connectivity index (χ0) is 17.3. The van der Waals surface area contributed by atoms with Gasteiger partial charge in [-0.05, 0) is 56.2 Å². The molecule has 4 heteroatoms. The summed E-state index contributed by atoms with van der Waals surface area (Å²) in [6.07, 6.45) is 0. The van der Waals surface area contributed by atoms with E-state index in [1.807, 2.05) is 45.0 Å². The second-order valence-corrected chi connectivity index (χ2v) is 5.99. The summed E-state index contributed by atoms with van der Waals surface area (Å²) in [5, 5.41) is 0.587. The lowest BCUT2D eigenvalue weighted by molar-refractivity contribution is 0.0984. The minimum absolute atomic E-state index is 0.149. The fourth-order valence-corrected chi connectivity index (χ4v) is 3.01. The third-order valence-electron chi connectivity index (χ3n) is 4.05. The van der Waals surface area contributed by atoms with Gasteiger partial charge in [-0.1, -0.05) is 18.2 Å². The highest BCUT2D eigenvalue weighted by Crippen LogP contribution is 2.20. The number of fused-ring (bicyclic) bond motifs is 1. The van der Waals surface area contributed by atoms with Crippen molar-refractivity contribution in [3.05, 3.63) is 75.6 Å². The molecule has 0 aliphatic carbocycles. The Labute approximate surface area is 140 Å². The number of hydrogen-bond donors (Lipinski definition) is 1. The number of aromatic nitrogens is 1. The molecule has 0 unspecified atom stereocenters. The number of nitrogens with one attached hydrogen (secondary N) is 1. The zero-order valence-electron chi connectivity index (χ0n) is 14.1. The second kappa shape index (κ2) is 6.32. The van der Waals surface area contributed by atoms with Crippen LogP contribution >= 0.6 is 0 Å². The van der Waals surface area contributed by atoms with Gasteiger partial charge in [0.15, 0.2) is 5.43 Å². The van der Waals surface area contributed by atoms with Crippen LogP contribution in [0.15, 0.2) is 53.3 Å². The van der Waals surface area contributed by atoms with Crippen LogP contribution in [0.3, 0.4) is 0 Å². The van der Waals surface area contributed by atoms with Crippen LogP contribution < -0.4 is 10.3 Å². The smallest absolute Gasteiger partial charge is 0.274 e. The van der Waals surface area contributed by atoms with Crippen LogP contribution in [0.25, 0.3) is 10.9 Å². The van der Waals surface area contributed by atoms with Gasteiger partial charge in [0.05, 0.1) is 0 Å². The van der Waals surface area contributed by atoms with Gasteiger partial charge in [-0.25, -0.2) is 0 Å². The first-order chi connectivity index (χ1) is 11.5. The quantitative estimate of drug-likeness (QED) is 0.798. The number of carbonyl (C=O) groups excluding carboxylic acids is 1. The van der Waals surface area contributed by atoms with E-state index in [0.717, 1.165) is 16.8 Å². The molecule has 0 fully saturated rings. The number of carbonyl (C=O) groups is 1. The van der Waals surface area contributed by atoms with Gasteiger partial charge in [0.2, 0.25) is 0 Å². The van der Waals surface area contributed by atoms with E-state index in [-0.39, 0.29) is 11.3 Å². The Kier molecular flexibility index (Phi) is 4.21. The molecule has 0 spiro atoms. The molecule has 3 rings (SSSR count). The van der Waals surface area contributed by atoms with Crippen LogP contribution in [0.1, 0.15) is 28.5 Å².